The zero-order valence-electron chi connectivity index (χ0n) is 10.2. The molecule has 4 rings (SSSR count). The molecule has 2 N–H and O–H groups in total. The van der Waals surface area contributed by atoms with E-state index in [1.54, 1.807) is 11.3 Å². The van der Waals surface area contributed by atoms with E-state index in [4.69, 9.17) is 15.2 Å². The standard InChI is InChI=1S/C13H11N3O2S/c1-7-5-19-13-15-11(12(14)16(7)13)8-2-3-9-10(4-8)18-6-17-9/h2-5H,6,14H2,1H3. The Balaban J connectivity index is 1.92. The Kier molecular flexibility index (Phi) is 2.05. The molecule has 1 aromatic carbocycles. The second-order valence-corrected chi connectivity index (χ2v) is 5.25. The van der Waals surface area contributed by atoms with E-state index >= 15 is 0 Å². The number of aromatic nitrogens is 2. The zero-order chi connectivity index (χ0) is 13.0. The highest BCUT2D eigenvalue weighted by molar-refractivity contribution is 7.15. The largest absolute Gasteiger partial charge is 0.454 e. The summed E-state index contributed by atoms with van der Waals surface area (Å²) in [7, 11) is 0. The van der Waals surface area contributed by atoms with E-state index in [1.165, 1.54) is 0 Å². The van der Waals surface area contributed by atoms with Crippen molar-refractivity contribution in [2.24, 2.45) is 0 Å². The van der Waals surface area contributed by atoms with Crippen molar-refractivity contribution in [3.05, 3.63) is 29.3 Å². The third-order valence-electron chi connectivity index (χ3n) is 3.22. The Labute approximate surface area is 113 Å². The van der Waals surface area contributed by atoms with Gasteiger partial charge in [0.05, 0.1) is 0 Å². The first kappa shape index (κ1) is 10.7. The number of nitrogen functional groups attached to an aromatic ring is 1. The van der Waals surface area contributed by atoms with E-state index in [0.29, 0.717) is 5.82 Å². The van der Waals surface area contributed by atoms with E-state index in [0.717, 1.165) is 33.4 Å². The van der Waals surface area contributed by atoms with Crippen molar-refractivity contribution in [2.75, 3.05) is 12.5 Å². The van der Waals surface area contributed by atoms with E-state index < -0.39 is 0 Å². The average Bonchev–Trinajstić information content (AvgIpc) is 3.07. The lowest BCUT2D eigenvalue weighted by molar-refractivity contribution is 0.174. The van der Waals surface area contributed by atoms with Crippen LogP contribution in [0.3, 0.4) is 0 Å². The lowest BCUT2D eigenvalue weighted by atomic mass is 10.1. The molecule has 0 amide bonds. The third kappa shape index (κ3) is 1.43. The quantitative estimate of drug-likeness (QED) is 0.740. The molecule has 6 heteroatoms. The summed E-state index contributed by atoms with van der Waals surface area (Å²) in [5.74, 6) is 2.16. The highest BCUT2D eigenvalue weighted by atomic mass is 32.1. The Morgan fingerprint density at radius 3 is 3.00 bits per heavy atom. The number of hydrogen-bond donors (Lipinski definition) is 1. The third-order valence-corrected chi connectivity index (χ3v) is 4.16. The SMILES string of the molecule is Cc1csc2nc(-c3ccc4c(c3)OCO4)c(N)n12. The van der Waals surface area contributed by atoms with E-state index in [-0.39, 0.29) is 6.79 Å². The number of benzene rings is 1. The van der Waals surface area contributed by atoms with Gasteiger partial charge in [-0.05, 0) is 25.1 Å². The molecule has 3 aromatic rings. The smallest absolute Gasteiger partial charge is 0.231 e. The summed E-state index contributed by atoms with van der Waals surface area (Å²) in [6.07, 6.45) is 0. The number of fused-ring (bicyclic) bond motifs is 2. The van der Waals surface area contributed by atoms with Gasteiger partial charge < -0.3 is 15.2 Å². The fourth-order valence-corrected chi connectivity index (χ4v) is 3.15. The number of rotatable bonds is 1. The van der Waals surface area contributed by atoms with Gasteiger partial charge in [-0.2, -0.15) is 0 Å². The highest BCUT2D eigenvalue weighted by Crippen LogP contribution is 2.38. The minimum atomic E-state index is 0.270. The van der Waals surface area contributed by atoms with Gasteiger partial charge in [0.15, 0.2) is 16.5 Å². The number of thiazole rings is 1. The maximum absolute atomic E-state index is 6.20. The van der Waals surface area contributed by atoms with Gasteiger partial charge in [-0.3, -0.25) is 4.40 Å². The second-order valence-electron chi connectivity index (χ2n) is 4.41. The van der Waals surface area contributed by atoms with Gasteiger partial charge in [-0.25, -0.2) is 4.98 Å². The first-order chi connectivity index (χ1) is 9.24. The number of hydrogen-bond acceptors (Lipinski definition) is 5. The molecule has 0 unspecified atom stereocenters. The first-order valence-corrected chi connectivity index (χ1v) is 6.74. The number of nitrogens with zero attached hydrogens (tertiary/aromatic N) is 2. The van der Waals surface area contributed by atoms with Gasteiger partial charge in [0.1, 0.15) is 11.5 Å². The molecule has 0 saturated carbocycles. The van der Waals surface area contributed by atoms with Gasteiger partial charge in [0.25, 0.3) is 0 Å². The summed E-state index contributed by atoms with van der Waals surface area (Å²) in [5.41, 5.74) is 9.02. The number of imidazole rings is 1. The van der Waals surface area contributed by atoms with Crippen LogP contribution in [0.5, 0.6) is 11.5 Å². The Bertz CT molecular complexity index is 791. The molecule has 1 aliphatic heterocycles. The molecular formula is C13H11N3O2S. The van der Waals surface area contributed by atoms with Crippen molar-refractivity contribution in [2.45, 2.75) is 6.92 Å². The van der Waals surface area contributed by atoms with Crippen molar-refractivity contribution in [1.29, 1.82) is 0 Å². The van der Waals surface area contributed by atoms with Gasteiger partial charge in [-0.15, -0.1) is 11.3 Å². The molecule has 1 aliphatic rings. The fourth-order valence-electron chi connectivity index (χ4n) is 2.28. The number of aryl methyl sites for hydroxylation is 1. The normalized spacial score (nSPS) is 13.3. The Hall–Kier alpha value is -2.21. The molecule has 2 aromatic heterocycles. The lowest BCUT2D eigenvalue weighted by Gasteiger charge is -2.02. The van der Waals surface area contributed by atoms with Crippen LogP contribution in [-0.2, 0) is 0 Å². The molecule has 96 valence electrons. The average molecular weight is 273 g/mol. The molecule has 3 heterocycles. The van der Waals surface area contributed by atoms with Gasteiger partial charge in [0.2, 0.25) is 6.79 Å². The van der Waals surface area contributed by atoms with Crippen LogP contribution in [0, 0.1) is 6.92 Å². The van der Waals surface area contributed by atoms with Crippen LogP contribution < -0.4 is 15.2 Å². The maximum atomic E-state index is 6.20. The van der Waals surface area contributed by atoms with Crippen LogP contribution >= 0.6 is 11.3 Å². The van der Waals surface area contributed by atoms with Crippen LogP contribution in [0.2, 0.25) is 0 Å². The minimum Gasteiger partial charge on any atom is -0.454 e. The Morgan fingerprint density at radius 1 is 1.32 bits per heavy atom. The highest BCUT2D eigenvalue weighted by Gasteiger charge is 2.18. The summed E-state index contributed by atoms with van der Waals surface area (Å²) in [5, 5.41) is 2.04. The molecule has 0 bridgehead atoms. The molecule has 0 spiro atoms. The summed E-state index contributed by atoms with van der Waals surface area (Å²) >= 11 is 1.58. The van der Waals surface area contributed by atoms with Crippen molar-refractivity contribution in [3.63, 3.8) is 0 Å². The van der Waals surface area contributed by atoms with Crippen LogP contribution in [0.4, 0.5) is 5.82 Å². The van der Waals surface area contributed by atoms with E-state index in [1.807, 2.05) is 34.9 Å². The van der Waals surface area contributed by atoms with E-state index in [9.17, 15) is 0 Å². The zero-order valence-corrected chi connectivity index (χ0v) is 11.0. The number of nitrogens with two attached hydrogens (primary N) is 1. The maximum Gasteiger partial charge on any atom is 0.231 e. The second kappa shape index (κ2) is 3.64. The monoisotopic (exact) mass is 273 g/mol. The topological polar surface area (TPSA) is 61.8 Å². The fraction of sp³-hybridized carbons (Fsp3) is 0.154. The van der Waals surface area contributed by atoms with Gasteiger partial charge in [-0.1, -0.05) is 0 Å². The molecule has 19 heavy (non-hydrogen) atoms. The van der Waals surface area contributed by atoms with Crippen molar-refractivity contribution < 1.29 is 9.47 Å². The summed E-state index contributed by atoms with van der Waals surface area (Å²) in [6.45, 7) is 2.29. The van der Waals surface area contributed by atoms with Crippen LogP contribution in [0.25, 0.3) is 16.2 Å². The van der Waals surface area contributed by atoms with E-state index in [2.05, 4.69) is 4.98 Å². The molecule has 0 fully saturated rings. The molecular weight excluding hydrogens is 262 g/mol. The molecule has 0 radical (unpaired) electrons. The van der Waals surface area contributed by atoms with Crippen molar-refractivity contribution in [3.8, 4) is 22.8 Å². The summed E-state index contributed by atoms with van der Waals surface area (Å²) < 4.78 is 12.7. The van der Waals surface area contributed by atoms with Crippen molar-refractivity contribution in [1.82, 2.24) is 9.38 Å². The summed E-state index contributed by atoms with van der Waals surface area (Å²) in [4.78, 5) is 5.49. The van der Waals surface area contributed by atoms with Gasteiger partial charge in [0, 0.05) is 16.6 Å². The predicted molar refractivity (Wildman–Crippen MR) is 73.8 cm³/mol. The van der Waals surface area contributed by atoms with Crippen LogP contribution in [-0.4, -0.2) is 16.2 Å². The minimum absolute atomic E-state index is 0.270. The van der Waals surface area contributed by atoms with Crippen molar-refractivity contribution >= 4 is 22.1 Å². The summed E-state index contributed by atoms with van der Waals surface area (Å²) in [6, 6.07) is 5.75. The Morgan fingerprint density at radius 2 is 2.16 bits per heavy atom. The van der Waals surface area contributed by atoms with Crippen LogP contribution in [0.1, 0.15) is 5.69 Å². The van der Waals surface area contributed by atoms with Crippen LogP contribution in [0.15, 0.2) is 23.6 Å². The predicted octanol–water partition coefficient (Wildman–Crippen LogP) is 2.68. The molecule has 0 saturated heterocycles. The first-order valence-electron chi connectivity index (χ1n) is 5.86. The molecule has 0 aliphatic carbocycles. The molecule has 0 atom stereocenters. The molecule has 5 nitrogen and oxygen atoms in total. The lowest BCUT2D eigenvalue weighted by Crippen LogP contribution is -1.94. The number of anilines is 1. The number of ether oxygens (including phenoxy) is 2. The van der Waals surface area contributed by atoms with Gasteiger partial charge >= 0.3 is 0 Å².